The van der Waals surface area contributed by atoms with Gasteiger partial charge in [0.1, 0.15) is 0 Å². The Morgan fingerprint density at radius 1 is 0.389 bits per heavy atom. The predicted octanol–water partition coefficient (Wildman–Crippen LogP) is 15.0. The maximum atomic E-state index is 2.55. The van der Waals surface area contributed by atoms with E-state index >= 15 is 0 Å². The summed E-state index contributed by atoms with van der Waals surface area (Å²) in [6.45, 7) is 9.49. The molecule has 1 nitrogen and oxygen atoms in total. The quantitative estimate of drug-likeness (QED) is 0.176. The highest BCUT2D eigenvalue weighted by atomic mass is 32.1. The smallest absolute Gasteiger partial charge is 0.0543 e. The van der Waals surface area contributed by atoms with Crippen LogP contribution in [-0.4, -0.2) is 0 Å². The molecule has 258 valence electrons. The van der Waals surface area contributed by atoms with Crippen LogP contribution in [0.5, 0.6) is 0 Å². The monoisotopic (exact) mass is 709 g/mol. The molecule has 0 spiro atoms. The Bertz CT molecular complexity index is 2890. The van der Waals surface area contributed by atoms with Gasteiger partial charge in [0.2, 0.25) is 0 Å². The third-order valence-electron chi connectivity index (χ3n) is 12.5. The van der Waals surface area contributed by atoms with Gasteiger partial charge in [0.15, 0.2) is 0 Å². The van der Waals surface area contributed by atoms with E-state index in [-0.39, 0.29) is 10.8 Å². The molecule has 2 heteroatoms. The standard InChI is InChI=1S/C52H39NS/c1-51(2)41-20-9-7-16-39(41)47-43(51)22-12-24-45(47)53(46-25-13-23-44-48(46)40-17-8-10-21-42(40)52(44,3)4)34-29-26-33(27-30-34)36-18-11-19-37-38-31-28-32-14-5-6-15-35(32)50(38)54-49(36)37/h5-31H,1-4H3. The van der Waals surface area contributed by atoms with Gasteiger partial charge < -0.3 is 4.90 Å². The van der Waals surface area contributed by atoms with Gasteiger partial charge in [0, 0.05) is 47.8 Å². The summed E-state index contributed by atoms with van der Waals surface area (Å²) >= 11 is 1.92. The van der Waals surface area contributed by atoms with Crippen molar-refractivity contribution in [2.75, 3.05) is 4.90 Å². The lowest BCUT2D eigenvalue weighted by Gasteiger charge is -2.31. The van der Waals surface area contributed by atoms with E-state index < -0.39 is 0 Å². The van der Waals surface area contributed by atoms with E-state index in [1.807, 2.05) is 11.3 Å². The summed E-state index contributed by atoms with van der Waals surface area (Å²) in [4.78, 5) is 2.55. The summed E-state index contributed by atoms with van der Waals surface area (Å²) in [5.41, 5.74) is 16.7. The molecule has 8 aromatic carbocycles. The van der Waals surface area contributed by atoms with Crippen molar-refractivity contribution in [3.8, 4) is 33.4 Å². The summed E-state index contributed by atoms with van der Waals surface area (Å²) in [6.07, 6.45) is 0. The molecule has 0 N–H and O–H groups in total. The highest BCUT2D eigenvalue weighted by Gasteiger charge is 2.40. The van der Waals surface area contributed by atoms with Crippen LogP contribution in [0.1, 0.15) is 49.9 Å². The number of hydrogen-bond acceptors (Lipinski definition) is 2. The lowest BCUT2D eigenvalue weighted by molar-refractivity contribution is 0.660. The van der Waals surface area contributed by atoms with Gasteiger partial charge in [-0.15, -0.1) is 11.3 Å². The second-order valence-electron chi connectivity index (χ2n) is 16.1. The van der Waals surface area contributed by atoms with Gasteiger partial charge in [-0.3, -0.25) is 0 Å². The SMILES string of the molecule is CC1(C)c2ccccc2-c2c(N(c3ccc(-c4cccc5c4sc4c6ccccc6ccc54)cc3)c3cccc4c3-c3ccccc3C4(C)C)cccc21. The maximum Gasteiger partial charge on any atom is 0.0543 e. The van der Waals surface area contributed by atoms with Crippen LogP contribution >= 0.6 is 11.3 Å². The first kappa shape index (κ1) is 31.6. The van der Waals surface area contributed by atoms with Crippen molar-refractivity contribution < 1.29 is 0 Å². The molecule has 0 aliphatic heterocycles. The van der Waals surface area contributed by atoms with Gasteiger partial charge in [0.25, 0.3) is 0 Å². The largest absolute Gasteiger partial charge is 0.309 e. The molecule has 2 aliphatic carbocycles. The molecular formula is C52H39NS. The second-order valence-corrected chi connectivity index (χ2v) is 17.1. The molecular weight excluding hydrogens is 671 g/mol. The van der Waals surface area contributed by atoms with Crippen LogP contribution in [0.4, 0.5) is 17.1 Å². The number of thiophene rings is 1. The number of benzene rings is 8. The van der Waals surface area contributed by atoms with Crippen LogP contribution in [0.2, 0.25) is 0 Å². The molecule has 11 rings (SSSR count). The van der Waals surface area contributed by atoms with E-state index in [1.54, 1.807) is 0 Å². The second kappa shape index (κ2) is 11.3. The lowest BCUT2D eigenvalue weighted by atomic mass is 9.82. The van der Waals surface area contributed by atoms with Gasteiger partial charge >= 0.3 is 0 Å². The van der Waals surface area contributed by atoms with Gasteiger partial charge in [-0.05, 0) is 79.5 Å². The van der Waals surface area contributed by atoms with E-state index in [4.69, 9.17) is 0 Å². The summed E-state index contributed by atoms with van der Waals surface area (Å²) in [6, 6.07) is 61.3. The first-order chi connectivity index (χ1) is 26.3. The molecule has 0 saturated heterocycles. The molecule has 0 amide bonds. The first-order valence-electron chi connectivity index (χ1n) is 19.0. The molecule has 0 radical (unpaired) electrons. The Hall–Kier alpha value is -5.96. The van der Waals surface area contributed by atoms with E-state index in [9.17, 15) is 0 Å². The maximum absolute atomic E-state index is 2.55. The van der Waals surface area contributed by atoms with Crippen molar-refractivity contribution in [2.45, 2.75) is 38.5 Å². The van der Waals surface area contributed by atoms with E-state index in [2.05, 4.69) is 196 Å². The zero-order chi connectivity index (χ0) is 36.3. The normalized spacial score (nSPS) is 14.6. The number of hydrogen-bond donors (Lipinski definition) is 0. The molecule has 1 heterocycles. The number of anilines is 3. The lowest BCUT2D eigenvalue weighted by Crippen LogP contribution is -2.17. The number of nitrogens with zero attached hydrogens (tertiary/aromatic N) is 1. The van der Waals surface area contributed by atoms with Crippen LogP contribution in [0, 0.1) is 0 Å². The number of fused-ring (bicyclic) bond motifs is 11. The van der Waals surface area contributed by atoms with Gasteiger partial charge in [-0.25, -0.2) is 0 Å². The van der Waals surface area contributed by atoms with Crippen LogP contribution in [0.3, 0.4) is 0 Å². The summed E-state index contributed by atoms with van der Waals surface area (Å²) in [5, 5.41) is 5.28. The summed E-state index contributed by atoms with van der Waals surface area (Å²) < 4.78 is 2.70. The minimum absolute atomic E-state index is 0.0983. The molecule has 0 saturated carbocycles. The molecule has 2 aliphatic rings. The topological polar surface area (TPSA) is 3.24 Å². The van der Waals surface area contributed by atoms with Gasteiger partial charge in [-0.2, -0.15) is 0 Å². The molecule has 9 aromatic rings. The van der Waals surface area contributed by atoms with E-state index in [1.165, 1.54) is 98.0 Å². The van der Waals surface area contributed by atoms with Crippen molar-refractivity contribution in [1.82, 2.24) is 0 Å². The zero-order valence-electron chi connectivity index (χ0n) is 30.9. The molecule has 0 fully saturated rings. The fourth-order valence-corrected chi connectivity index (χ4v) is 11.2. The molecule has 54 heavy (non-hydrogen) atoms. The van der Waals surface area contributed by atoms with Gasteiger partial charge in [0.05, 0.1) is 11.4 Å². The fourth-order valence-electron chi connectivity index (χ4n) is 9.79. The minimum atomic E-state index is -0.0983. The Morgan fingerprint density at radius 3 is 1.54 bits per heavy atom. The van der Waals surface area contributed by atoms with E-state index in [0.717, 1.165) is 5.69 Å². The van der Waals surface area contributed by atoms with Crippen LogP contribution in [-0.2, 0) is 10.8 Å². The van der Waals surface area contributed by atoms with Crippen molar-refractivity contribution in [3.05, 3.63) is 186 Å². The minimum Gasteiger partial charge on any atom is -0.309 e. The molecule has 0 atom stereocenters. The fraction of sp³-hybridized carbons (Fsp3) is 0.115. The average Bonchev–Trinajstić information content (AvgIpc) is 3.79. The van der Waals surface area contributed by atoms with Crippen LogP contribution in [0.15, 0.2) is 164 Å². The molecule has 1 aromatic heterocycles. The molecule has 0 unspecified atom stereocenters. The number of rotatable bonds is 4. The van der Waals surface area contributed by atoms with Crippen LogP contribution in [0.25, 0.3) is 64.3 Å². The Kier molecular flexibility index (Phi) is 6.59. The van der Waals surface area contributed by atoms with Crippen molar-refractivity contribution in [2.24, 2.45) is 0 Å². The first-order valence-corrected chi connectivity index (χ1v) is 19.8. The van der Waals surface area contributed by atoms with Gasteiger partial charge in [-0.1, -0.05) is 167 Å². The van der Waals surface area contributed by atoms with Crippen LogP contribution < -0.4 is 4.90 Å². The highest BCUT2D eigenvalue weighted by molar-refractivity contribution is 7.27. The summed E-state index contributed by atoms with van der Waals surface area (Å²) in [7, 11) is 0. The average molecular weight is 710 g/mol. The Morgan fingerprint density at radius 2 is 0.889 bits per heavy atom. The zero-order valence-corrected chi connectivity index (χ0v) is 31.8. The van der Waals surface area contributed by atoms with Crippen molar-refractivity contribution in [1.29, 1.82) is 0 Å². The highest BCUT2D eigenvalue weighted by Crippen LogP contribution is 2.58. The predicted molar refractivity (Wildman–Crippen MR) is 232 cm³/mol. The Labute approximate surface area is 320 Å². The van der Waals surface area contributed by atoms with E-state index in [0.29, 0.717) is 0 Å². The summed E-state index contributed by atoms with van der Waals surface area (Å²) in [5.74, 6) is 0. The molecule has 0 bridgehead atoms. The Balaban J connectivity index is 1.14. The third-order valence-corrected chi connectivity index (χ3v) is 13.8. The van der Waals surface area contributed by atoms with Crippen molar-refractivity contribution >= 4 is 59.3 Å². The van der Waals surface area contributed by atoms with Crippen molar-refractivity contribution in [3.63, 3.8) is 0 Å². The third kappa shape index (κ3) is 4.26.